The van der Waals surface area contributed by atoms with Crippen molar-refractivity contribution in [2.75, 3.05) is 0 Å². The zero-order valence-corrected chi connectivity index (χ0v) is 14.8. The fourth-order valence-electron chi connectivity index (χ4n) is 8.05. The molecule has 0 unspecified atom stereocenters. The second kappa shape index (κ2) is 4.62. The summed E-state index contributed by atoms with van der Waals surface area (Å²) in [5.41, 5.74) is 0.621. The lowest BCUT2D eigenvalue weighted by atomic mass is 9.40. The van der Waals surface area contributed by atoms with Gasteiger partial charge in [0.2, 0.25) is 0 Å². The van der Waals surface area contributed by atoms with Gasteiger partial charge in [-0.15, -0.1) is 0 Å². The molecule has 3 nitrogen and oxygen atoms in total. The molecule has 0 aromatic heterocycles. The van der Waals surface area contributed by atoms with Crippen LogP contribution in [0.2, 0.25) is 0 Å². The molecule has 0 aromatic rings. The summed E-state index contributed by atoms with van der Waals surface area (Å²) in [6.45, 7) is 10.9. The van der Waals surface area contributed by atoms with E-state index in [0.717, 1.165) is 37.7 Å². The molecular weight excluding hydrogens is 288 g/mol. The van der Waals surface area contributed by atoms with Crippen LogP contribution in [-0.2, 0) is 0 Å². The monoisotopic (exact) mass is 320 g/mol. The van der Waals surface area contributed by atoms with Crippen LogP contribution in [0.25, 0.3) is 0 Å². The number of hydrogen-bond donors (Lipinski definition) is 3. The lowest BCUT2D eigenvalue weighted by Gasteiger charge is -2.66. The zero-order valence-electron chi connectivity index (χ0n) is 14.8. The van der Waals surface area contributed by atoms with Gasteiger partial charge in [-0.3, -0.25) is 0 Å². The molecule has 0 radical (unpaired) electrons. The van der Waals surface area contributed by atoms with Crippen LogP contribution >= 0.6 is 0 Å². The van der Waals surface area contributed by atoms with Gasteiger partial charge in [0.25, 0.3) is 0 Å². The van der Waals surface area contributed by atoms with Gasteiger partial charge in [-0.05, 0) is 72.7 Å². The first-order valence-electron chi connectivity index (χ1n) is 9.35. The van der Waals surface area contributed by atoms with E-state index >= 15 is 0 Å². The summed E-state index contributed by atoms with van der Waals surface area (Å²) in [7, 11) is 0. The van der Waals surface area contributed by atoms with E-state index in [0.29, 0.717) is 18.3 Å². The molecule has 3 N–H and O–H groups in total. The minimum absolute atomic E-state index is 0.0646. The van der Waals surface area contributed by atoms with Gasteiger partial charge in [0, 0.05) is 5.41 Å². The van der Waals surface area contributed by atoms with Gasteiger partial charge >= 0.3 is 0 Å². The Kier molecular flexibility index (Phi) is 3.23. The Morgan fingerprint density at radius 1 is 0.957 bits per heavy atom. The maximum absolute atomic E-state index is 11.1. The third kappa shape index (κ3) is 1.88. The average Bonchev–Trinajstić information content (AvgIpc) is 2.57. The van der Waals surface area contributed by atoms with E-state index in [1.165, 1.54) is 0 Å². The highest BCUT2D eigenvalue weighted by atomic mass is 16.3. The van der Waals surface area contributed by atoms with Gasteiger partial charge in [-0.1, -0.05) is 27.4 Å². The van der Waals surface area contributed by atoms with Crippen molar-refractivity contribution in [2.24, 2.45) is 34.0 Å². The Balaban J connectivity index is 1.83. The van der Waals surface area contributed by atoms with E-state index in [2.05, 4.69) is 27.4 Å². The van der Waals surface area contributed by atoms with Gasteiger partial charge < -0.3 is 15.3 Å². The predicted molar refractivity (Wildman–Crippen MR) is 89.7 cm³/mol. The van der Waals surface area contributed by atoms with Gasteiger partial charge in [0.05, 0.1) is 18.3 Å². The molecular formula is C20H32O3. The van der Waals surface area contributed by atoms with Crippen LogP contribution in [0.5, 0.6) is 0 Å². The van der Waals surface area contributed by atoms with Gasteiger partial charge in [0.15, 0.2) is 0 Å². The number of aliphatic hydroxyl groups is 3. The van der Waals surface area contributed by atoms with Crippen LogP contribution in [0.1, 0.15) is 59.3 Å². The van der Waals surface area contributed by atoms with Gasteiger partial charge in [0.1, 0.15) is 0 Å². The SMILES string of the molecule is C=C1[C@@H]2CC[C@@H]3[C@@]4(C)C[C@@H](O)CC(C)(C)[C@@H]4[C@H](O)C[C@@]3(C2)[C@H]1O. The molecule has 8 atom stereocenters. The van der Waals surface area contributed by atoms with Crippen molar-refractivity contribution in [1.82, 2.24) is 0 Å². The highest BCUT2D eigenvalue weighted by Crippen LogP contribution is 2.71. The van der Waals surface area contributed by atoms with Gasteiger partial charge in [-0.2, -0.15) is 0 Å². The summed E-state index contributed by atoms with van der Waals surface area (Å²) >= 11 is 0. The molecule has 4 aliphatic carbocycles. The first-order valence-corrected chi connectivity index (χ1v) is 9.35. The standard InChI is InChI=1S/C20H32O3/c1-11-12-5-6-15-19(4)9-13(21)8-18(2,3)16(19)14(22)10-20(15,7-12)17(11)23/h12-17,21-23H,1,5-10H2,2-4H3/t12-,13+,14-,15-,16+,17+,19-,20-/m1/s1. The molecule has 0 amide bonds. The normalized spacial score (nSPS) is 57.7. The molecule has 2 bridgehead atoms. The predicted octanol–water partition coefficient (Wildman–Crippen LogP) is 2.89. The number of rotatable bonds is 0. The van der Waals surface area contributed by atoms with Crippen molar-refractivity contribution in [3.05, 3.63) is 12.2 Å². The average molecular weight is 320 g/mol. The molecule has 0 aromatic carbocycles. The number of aliphatic hydroxyl groups excluding tert-OH is 3. The first-order chi connectivity index (χ1) is 10.6. The first kappa shape index (κ1) is 16.1. The van der Waals surface area contributed by atoms with E-state index in [9.17, 15) is 15.3 Å². The maximum atomic E-state index is 11.1. The molecule has 23 heavy (non-hydrogen) atoms. The Morgan fingerprint density at radius 3 is 2.35 bits per heavy atom. The molecule has 4 rings (SSSR count). The Morgan fingerprint density at radius 2 is 1.65 bits per heavy atom. The third-order valence-electron chi connectivity index (χ3n) is 8.30. The summed E-state index contributed by atoms with van der Waals surface area (Å²) in [5, 5.41) is 32.7. The van der Waals surface area contributed by atoms with Gasteiger partial charge in [-0.25, -0.2) is 0 Å². The smallest absolute Gasteiger partial charge is 0.0810 e. The Hall–Kier alpha value is -0.380. The molecule has 0 saturated heterocycles. The molecule has 130 valence electrons. The minimum Gasteiger partial charge on any atom is -0.393 e. The van der Waals surface area contributed by atoms with Crippen LogP contribution in [-0.4, -0.2) is 33.6 Å². The largest absolute Gasteiger partial charge is 0.393 e. The van der Waals surface area contributed by atoms with Crippen LogP contribution in [0, 0.1) is 34.0 Å². The van der Waals surface area contributed by atoms with Crippen molar-refractivity contribution in [3.8, 4) is 0 Å². The minimum atomic E-state index is -0.477. The van der Waals surface area contributed by atoms with Crippen molar-refractivity contribution in [2.45, 2.75) is 77.6 Å². The second-order valence-corrected chi connectivity index (χ2v) is 10.0. The van der Waals surface area contributed by atoms with Crippen LogP contribution in [0.4, 0.5) is 0 Å². The van der Waals surface area contributed by atoms with Crippen molar-refractivity contribution >= 4 is 0 Å². The maximum Gasteiger partial charge on any atom is 0.0810 e. The lowest BCUT2D eigenvalue weighted by molar-refractivity contribution is -0.229. The quantitative estimate of drug-likeness (QED) is 0.602. The molecule has 4 aliphatic rings. The summed E-state index contributed by atoms with van der Waals surface area (Å²) in [6, 6.07) is 0. The molecule has 0 heterocycles. The van der Waals surface area contributed by atoms with Crippen molar-refractivity contribution in [3.63, 3.8) is 0 Å². The van der Waals surface area contributed by atoms with E-state index in [-0.39, 0.29) is 28.3 Å². The summed E-state index contributed by atoms with van der Waals surface area (Å²) < 4.78 is 0. The van der Waals surface area contributed by atoms with E-state index in [1.54, 1.807) is 0 Å². The zero-order chi connectivity index (χ0) is 16.8. The van der Waals surface area contributed by atoms with E-state index in [1.807, 2.05) is 0 Å². The molecule has 4 fully saturated rings. The Labute approximate surface area is 139 Å². The molecule has 1 spiro atoms. The highest BCUT2D eigenvalue weighted by molar-refractivity contribution is 5.28. The second-order valence-electron chi connectivity index (χ2n) is 10.0. The fraction of sp³-hybridized carbons (Fsp3) is 0.900. The van der Waals surface area contributed by atoms with Crippen LogP contribution in [0.3, 0.4) is 0 Å². The van der Waals surface area contributed by atoms with Crippen molar-refractivity contribution < 1.29 is 15.3 Å². The Bertz CT molecular complexity index is 541. The third-order valence-corrected chi connectivity index (χ3v) is 8.30. The highest BCUT2D eigenvalue weighted by Gasteiger charge is 2.69. The van der Waals surface area contributed by atoms with Crippen LogP contribution in [0.15, 0.2) is 12.2 Å². The van der Waals surface area contributed by atoms with E-state index in [4.69, 9.17) is 0 Å². The topological polar surface area (TPSA) is 60.7 Å². The summed E-state index contributed by atoms with van der Waals surface area (Å²) in [4.78, 5) is 0. The summed E-state index contributed by atoms with van der Waals surface area (Å²) in [6.07, 6.45) is 4.25. The molecule has 3 heteroatoms. The van der Waals surface area contributed by atoms with Crippen molar-refractivity contribution in [1.29, 1.82) is 0 Å². The number of fused-ring (bicyclic) bond motifs is 3. The van der Waals surface area contributed by atoms with Crippen LogP contribution < -0.4 is 0 Å². The molecule has 0 aliphatic heterocycles. The lowest BCUT2D eigenvalue weighted by Crippen LogP contribution is -2.64. The summed E-state index contributed by atoms with van der Waals surface area (Å²) in [5.74, 6) is 1.00. The molecule has 4 saturated carbocycles. The fourth-order valence-corrected chi connectivity index (χ4v) is 8.05. The van der Waals surface area contributed by atoms with E-state index < -0.39 is 12.2 Å². The number of hydrogen-bond acceptors (Lipinski definition) is 3.